The number of hydrogen-bond donors (Lipinski definition) is 2. The van der Waals surface area contributed by atoms with E-state index in [2.05, 4.69) is 22.8 Å². The monoisotopic (exact) mass is 794 g/mol. The van der Waals surface area contributed by atoms with E-state index in [1.165, 1.54) is 23.1 Å². The number of anilines is 3. The van der Waals surface area contributed by atoms with Crippen molar-refractivity contribution in [2.45, 2.75) is 72.6 Å². The fourth-order valence-electron chi connectivity index (χ4n) is 6.66. The molecule has 55 heavy (non-hydrogen) atoms. The summed E-state index contributed by atoms with van der Waals surface area (Å²) in [6.07, 6.45) is 8.15. The first kappa shape index (κ1) is 38.3. The van der Waals surface area contributed by atoms with E-state index in [0.717, 1.165) is 31.5 Å². The second-order valence-electron chi connectivity index (χ2n) is 14.1. The van der Waals surface area contributed by atoms with Crippen LogP contribution in [0.15, 0.2) is 113 Å². The Morgan fingerprint density at radius 1 is 0.945 bits per heavy atom. The van der Waals surface area contributed by atoms with E-state index in [1.807, 2.05) is 117 Å². The molecule has 0 bridgehead atoms. The van der Waals surface area contributed by atoms with Gasteiger partial charge in [-0.05, 0) is 75.6 Å². The number of ether oxygens (including phenoxy) is 2. The maximum absolute atomic E-state index is 14.4. The minimum atomic E-state index is -0.717. The van der Waals surface area contributed by atoms with E-state index in [9.17, 15) is 19.2 Å². The highest BCUT2D eigenvalue weighted by molar-refractivity contribution is 8.00. The number of hydrogen-bond acceptors (Lipinski definition) is 9. The molecule has 3 atom stereocenters. The van der Waals surface area contributed by atoms with Crippen molar-refractivity contribution in [3.8, 4) is 0 Å². The van der Waals surface area contributed by atoms with Crippen LogP contribution in [0, 0.1) is 0 Å². The number of allylic oxidation sites excluding steroid dienone is 2. The molecule has 0 spiro atoms. The van der Waals surface area contributed by atoms with Crippen molar-refractivity contribution in [3.63, 3.8) is 0 Å². The number of rotatable bonds is 8. The number of amides is 4. The Morgan fingerprint density at radius 2 is 1.71 bits per heavy atom. The van der Waals surface area contributed by atoms with Gasteiger partial charge in [-0.1, -0.05) is 72.8 Å². The van der Waals surface area contributed by atoms with Gasteiger partial charge in [-0.3, -0.25) is 9.69 Å². The Balaban J connectivity index is 1.13. The summed E-state index contributed by atoms with van der Waals surface area (Å²) in [5, 5.41) is 5.94. The standard InChI is InChI=1S/C42H42N4O6S3/c1-5-51-39(48)35-29-22-23-45(41(50)52-42(2,3)4)25-34(29)55-38(35)44-37(47)36(26-14-7-6-8-15-26)53-28-17-13-16-27(24-28)43-40(49)46-30-18-9-11-20-32(30)54-33-21-12-10-19-31(33)46/h6-21,24,30,32,36H,5,22-23,25H2,1-4H3,(H,43,49)(H,44,47). The molecule has 0 saturated carbocycles. The van der Waals surface area contributed by atoms with E-state index < -0.39 is 22.9 Å². The molecule has 0 radical (unpaired) electrons. The summed E-state index contributed by atoms with van der Waals surface area (Å²) >= 11 is 4.36. The van der Waals surface area contributed by atoms with Crippen LogP contribution in [0.4, 0.5) is 26.0 Å². The topological polar surface area (TPSA) is 117 Å². The van der Waals surface area contributed by atoms with Gasteiger partial charge in [0, 0.05) is 26.9 Å². The van der Waals surface area contributed by atoms with Gasteiger partial charge in [0.15, 0.2) is 0 Å². The number of fused-ring (bicyclic) bond motifs is 3. The Kier molecular flexibility index (Phi) is 11.4. The van der Waals surface area contributed by atoms with Crippen LogP contribution in [0.25, 0.3) is 0 Å². The van der Waals surface area contributed by atoms with Crippen LogP contribution in [0.5, 0.6) is 0 Å². The Labute approximate surface area is 333 Å². The molecule has 3 aliphatic rings. The van der Waals surface area contributed by atoms with E-state index in [1.54, 1.807) is 23.6 Å². The molecule has 0 saturated heterocycles. The van der Waals surface area contributed by atoms with Gasteiger partial charge in [0.2, 0.25) is 5.91 Å². The summed E-state index contributed by atoms with van der Waals surface area (Å²) < 4.78 is 11.1. The highest BCUT2D eigenvalue weighted by Gasteiger charge is 2.37. The first-order valence-corrected chi connectivity index (χ1v) is 20.7. The van der Waals surface area contributed by atoms with Crippen molar-refractivity contribution in [1.29, 1.82) is 0 Å². The van der Waals surface area contributed by atoms with Gasteiger partial charge in [-0.25, -0.2) is 14.4 Å². The van der Waals surface area contributed by atoms with Crippen LogP contribution in [0.3, 0.4) is 0 Å². The van der Waals surface area contributed by atoms with Crippen LogP contribution >= 0.6 is 34.9 Å². The fourth-order valence-corrected chi connectivity index (χ4v) is 10.3. The first-order valence-electron chi connectivity index (χ1n) is 18.1. The number of thioether (sulfide) groups is 2. The predicted molar refractivity (Wildman–Crippen MR) is 220 cm³/mol. The summed E-state index contributed by atoms with van der Waals surface area (Å²) in [5.41, 5.74) is 2.66. The van der Waals surface area contributed by atoms with E-state index in [0.29, 0.717) is 29.2 Å². The lowest BCUT2D eigenvalue weighted by Crippen LogP contribution is -2.49. The zero-order valence-corrected chi connectivity index (χ0v) is 33.4. The second-order valence-corrected chi connectivity index (χ2v) is 17.6. The number of urea groups is 1. The summed E-state index contributed by atoms with van der Waals surface area (Å²) in [5.74, 6) is -0.848. The molecule has 13 heteroatoms. The lowest BCUT2D eigenvalue weighted by atomic mass is 10.0. The van der Waals surface area contributed by atoms with Crippen LogP contribution in [-0.2, 0) is 27.2 Å². The van der Waals surface area contributed by atoms with Crippen LogP contribution in [-0.4, -0.2) is 58.9 Å². The maximum atomic E-state index is 14.4. The van der Waals surface area contributed by atoms with Crippen LogP contribution in [0.2, 0.25) is 0 Å². The third-order valence-corrected chi connectivity index (χ3v) is 12.8. The third-order valence-electron chi connectivity index (χ3n) is 9.07. The number of carbonyl (C=O) groups excluding carboxylic acids is 4. The van der Waals surface area contributed by atoms with Crippen molar-refractivity contribution < 1.29 is 28.7 Å². The lowest BCUT2D eigenvalue weighted by molar-refractivity contribution is -0.115. The number of para-hydroxylation sites is 1. The molecule has 0 fully saturated rings. The van der Waals surface area contributed by atoms with Gasteiger partial charge in [-0.2, -0.15) is 0 Å². The quantitative estimate of drug-likeness (QED) is 0.134. The molecule has 10 nitrogen and oxygen atoms in total. The Hall–Kier alpha value is -4.98. The van der Waals surface area contributed by atoms with Crippen molar-refractivity contribution in [2.75, 3.05) is 28.7 Å². The molecule has 284 valence electrons. The van der Waals surface area contributed by atoms with Crippen molar-refractivity contribution >= 4 is 75.2 Å². The largest absolute Gasteiger partial charge is 0.462 e. The van der Waals surface area contributed by atoms with Crippen molar-refractivity contribution in [3.05, 3.63) is 125 Å². The molecular formula is C42H42N4O6S3. The number of nitrogens with one attached hydrogen (secondary N) is 2. The minimum Gasteiger partial charge on any atom is -0.462 e. The van der Waals surface area contributed by atoms with Crippen LogP contribution in [0.1, 0.15) is 59.3 Å². The molecule has 3 unspecified atom stereocenters. The van der Waals surface area contributed by atoms with E-state index in [4.69, 9.17) is 9.47 Å². The number of thiophene rings is 1. The smallest absolute Gasteiger partial charge is 0.410 e. The second kappa shape index (κ2) is 16.4. The lowest BCUT2D eigenvalue weighted by Gasteiger charge is -2.40. The minimum absolute atomic E-state index is 0.0971. The average Bonchev–Trinajstić information content (AvgIpc) is 3.52. The van der Waals surface area contributed by atoms with Gasteiger partial charge < -0.3 is 25.0 Å². The van der Waals surface area contributed by atoms with Crippen molar-refractivity contribution in [2.24, 2.45) is 0 Å². The number of carbonyl (C=O) groups is 4. The molecule has 3 aromatic carbocycles. The molecule has 4 aromatic rings. The normalized spacial score (nSPS) is 17.7. The molecule has 1 aliphatic carbocycles. The number of esters is 1. The number of nitrogens with zero attached hydrogens (tertiary/aromatic N) is 2. The predicted octanol–water partition coefficient (Wildman–Crippen LogP) is 9.70. The summed E-state index contributed by atoms with van der Waals surface area (Å²) in [6, 6.07) is 24.4. The van der Waals surface area contributed by atoms with Crippen molar-refractivity contribution in [1.82, 2.24) is 4.90 Å². The average molecular weight is 795 g/mol. The SMILES string of the molecule is CCOC(=O)c1c(NC(=O)C(Sc2cccc(NC(=O)N3c4ccccc4SC4C=CC=CC43)c2)c2ccccc2)sc2c1CCN(C(=O)OC(C)(C)C)C2. The molecule has 3 heterocycles. The fraction of sp³-hybridized carbons (Fsp3) is 0.286. The summed E-state index contributed by atoms with van der Waals surface area (Å²) in [6.45, 7) is 7.99. The molecular weight excluding hydrogens is 753 g/mol. The molecule has 7 rings (SSSR count). The van der Waals surface area contributed by atoms with Gasteiger partial charge in [0.25, 0.3) is 0 Å². The first-order chi connectivity index (χ1) is 26.5. The van der Waals surface area contributed by atoms with E-state index >= 15 is 0 Å². The Bertz CT molecular complexity index is 2160. The zero-order valence-electron chi connectivity index (χ0n) is 30.9. The summed E-state index contributed by atoms with van der Waals surface area (Å²) in [4.78, 5) is 60.7. The summed E-state index contributed by atoms with van der Waals surface area (Å²) in [7, 11) is 0. The molecule has 2 N–H and O–H groups in total. The molecule has 2 aliphatic heterocycles. The molecule has 1 aromatic heterocycles. The van der Waals surface area contributed by atoms with E-state index in [-0.39, 0.29) is 36.4 Å². The van der Waals surface area contributed by atoms with Gasteiger partial charge in [-0.15, -0.1) is 34.9 Å². The van der Waals surface area contributed by atoms with Gasteiger partial charge >= 0.3 is 18.1 Å². The number of benzene rings is 3. The van der Waals surface area contributed by atoms with Gasteiger partial charge in [0.05, 0.1) is 35.7 Å². The molecule has 4 amide bonds. The zero-order chi connectivity index (χ0) is 38.7. The maximum Gasteiger partial charge on any atom is 0.410 e. The highest BCUT2D eigenvalue weighted by atomic mass is 32.2. The third kappa shape index (κ3) is 8.64. The highest BCUT2D eigenvalue weighted by Crippen LogP contribution is 2.45. The van der Waals surface area contributed by atoms with Gasteiger partial charge in [0.1, 0.15) is 15.9 Å². The van der Waals surface area contributed by atoms with Crippen LogP contribution < -0.4 is 15.5 Å². The Morgan fingerprint density at radius 3 is 2.49 bits per heavy atom.